The quantitative estimate of drug-likeness (QED) is 0.0850. The predicted molar refractivity (Wildman–Crippen MR) is 159 cm³/mol. The van der Waals surface area contributed by atoms with E-state index in [9.17, 15) is 4.79 Å². The lowest BCUT2D eigenvalue weighted by Crippen LogP contribution is -2.12. The number of hydrogen-bond acceptors (Lipinski definition) is 11. The summed E-state index contributed by atoms with van der Waals surface area (Å²) < 4.78 is 11.8. The summed E-state index contributed by atoms with van der Waals surface area (Å²) in [5, 5.41) is 7.47. The second kappa shape index (κ2) is 13.2. The number of esters is 1. The number of para-hydroxylation sites is 2. The van der Waals surface area contributed by atoms with Gasteiger partial charge in [0.1, 0.15) is 29.1 Å². The summed E-state index contributed by atoms with van der Waals surface area (Å²) in [5.74, 6) is 1.07. The molecule has 0 spiro atoms. The number of hydrazone groups is 1. The fraction of sp³-hybridized carbons (Fsp3) is 0.0690. The summed E-state index contributed by atoms with van der Waals surface area (Å²) in [4.78, 5) is 34.4. The van der Waals surface area contributed by atoms with Gasteiger partial charge in [0.15, 0.2) is 5.82 Å². The van der Waals surface area contributed by atoms with Gasteiger partial charge in [0.05, 0.1) is 17.3 Å². The van der Waals surface area contributed by atoms with Crippen LogP contribution in [0.5, 0.6) is 11.5 Å². The third-order valence-electron chi connectivity index (χ3n) is 5.43. The molecule has 0 bridgehead atoms. The molecule has 2 N–H and O–H groups in total. The molecule has 2 aromatic heterocycles. The second-order valence-corrected chi connectivity index (χ2v) is 9.04. The van der Waals surface area contributed by atoms with Crippen LogP contribution in [0.4, 0.5) is 17.6 Å². The Labute approximate surface area is 243 Å². The van der Waals surface area contributed by atoms with Crippen LogP contribution in [0.1, 0.15) is 22.8 Å². The van der Waals surface area contributed by atoms with Crippen LogP contribution >= 0.6 is 15.9 Å². The number of aromatic nitrogens is 5. The van der Waals surface area contributed by atoms with E-state index in [0.29, 0.717) is 45.6 Å². The third kappa shape index (κ3) is 7.05. The van der Waals surface area contributed by atoms with Crippen molar-refractivity contribution in [2.45, 2.75) is 6.92 Å². The number of rotatable bonds is 10. The van der Waals surface area contributed by atoms with Crippen molar-refractivity contribution >= 4 is 45.7 Å². The maximum Gasteiger partial charge on any atom is 0.347 e. The van der Waals surface area contributed by atoms with Gasteiger partial charge < -0.3 is 14.8 Å². The van der Waals surface area contributed by atoms with Gasteiger partial charge in [0, 0.05) is 17.4 Å². The summed E-state index contributed by atoms with van der Waals surface area (Å²) in [6, 6.07) is 23.4. The van der Waals surface area contributed by atoms with Gasteiger partial charge in [0.2, 0.25) is 11.9 Å². The van der Waals surface area contributed by atoms with Crippen molar-refractivity contribution in [1.82, 2.24) is 24.9 Å². The summed E-state index contributed by atoms with van der Waals surface area (Å²) in [7, 11) is 0. The average Bonchev–Trinajstić information content (AvgIpc) is 3.00. The van der Waals surface area contributed by atoms with Crippen LogP contribution in [0.15, 0.2) is 101 Å². The first-order valence-corrected chi connectivity index (χ1v) is 13.3. The highest BCUT2D eigenvalue weighted by Crippen LogP contribution is 2.33. The van der Waals surface area contributed by atoms with Crippen LogP contribution in [0.3, 0.4) is 0 Å². The normalized spacial score (nSPS) is 10.8. The van der Waals surface area contributed by atoms with Crippen LogP contribution in [-0.4, -0.2) is 43.7 Å². The molecule has 0 unspecified atom stereocenters. The molecule has 0 radical (unpaired) electrons. The van der Waals surface area contributed by atoms with Gasteiger partial charge >= 0.3 is 5.97 Å². The van der Waals surface area contributed by atoms with E-state index in [0.717, 1.165) is 5.69 Å². The SMILES string of the molecule is CCOc1c(C(=O)Oc2ccccc2)ccc(/C=N/Nc2nc(Nc3ccccc3)nc(-c3ccncn3)n2)c1Br. The van der Waals surface area contributed by atoms with E-state index >= 15 is 0 Å². The first-order valence-electron chi connectivity index (χ1n) is 12.5. The van der Waals surface area contributed by atoms with Crippen molar-refractivity contribution in [3.05, 3.63) is 107 Å². The van der Waals surface area contributed by atoms with Crippen molar-refractivity contribution in [2.24, 2.45) is 5.10 Å². The minimum atomic E-state index is -0.539. The molecule has 0 saturated carbocycles. The molecule has 204 valence electrons. The number of carbonyl (C=O) groups is 1. The highest BCUT2D eigenvalue weighted by atomic mass is 79.9. The fourth-order valence-electron chi connectivity index (χ4n) is 3.60. The van der Waals surface area contributed by atoms with Crippen molar-refractivity contribution < 1.29 is 14.3 Å². The van der Waals surface area contributed by atoms with Crippen LogP contribution in [0, 0.1) is 0 Å². The first kappa shape index (κ1) is 27.3. The molecule has 0 amide bonds. The number of ether oxygens (including phenoxy) is 2. The van der Waals surface area contributed by atoms with Crippen molar-refractivity contribution in [3.8, 4) is 23.0 Å². The van der Waals surface area contributed by atoms with Crippen molar-refractivity contribution in [2.75, 3.05) is 17.3 Å². The minimum absolute atomic E-state index is 0.188. The van der Waals surface area contributed by atoms with E-state index in [2.05, 4.69) is 56.7 Å². The monoisotopic (exact) mass is 610 g/mol. The van der Waals surface area contributed by atoms with E-state index in [1.165, 1.54) is 6.33 Å². The first-order chi connectivity index (χ1) is 20.1. The third-order valence-corrected chi connectivity index (χ3v) is 6.25. The second-order valence-electron chi connectivity index (χ2n) is 8.24. The maximum absolute atomic E-state index is 12.9. The smallest absolute Gasteiger partial charge is 0.347 e. The van der Waals surface area contributed by atoms with E-state index < -0.39 is 5.97 Å². The molecular formula is C29H23BrN8O3. The summed E-state index contributed by atoms with van der Waals surface area (Å²) in [5.41, 5.74) is 5.09. The molecule has 0 atom stereocenters. The fourth-order valence-corrected chi connectivity index (χ4v) is 4.16. The topological polar surface area (TPSA) is 136 Å². The van der Waals surface area contributed by atoms with Crippen molar-refractivity contribution in [1.29, 1.82) is 0 Å². The lowest BCUT2D eigenvalue weighted by molar-refractivity contribution is 0.0730. The zero-order valence-electron chi connectivity index (χ0n) is 21.7. The van der Waals surface area contributed by atoms with E-state index in [1.54, 1.807) is 54.9 Å². The Morgan fingerprint density at radius 2 is 1.71 bits per heavy atom. The molecule has 0 aliphatic rings. The molecule has 5 aromatic rings. The van der Waals surface area contributed by atoms with Gasteiger partial charge in [-0.2, -0.15) is 20.1 Å². The molecular weight excluding hydrogens is 588 g/mol. The molecule has 5 rings (SSSR count). The molecule has 0 aliphatic heterocycles. The number of anilines is 3. The van der Waals surface area contributed by atoms with Gasteiger partial charge in [-0.25, -0.2) is 20.2 Å². The number of nitrogens with zero attached hydrogens (tertiary/aromatic N) is 6. The minimum Gasteiger partial charge on any atom is -0.492 e. The zero-order valence-corrected chi connectivity index (χ0v) is 23.3. The molecule has 3 aromatic carbocycles. The summed E-state index contributed by atoms with van der Waals surface area (Å²) in [6.07, 6.45) is 4.58. The van der Waals surface area contributed by atoms with E-state index in [4.69, 9.17) is 9.47 Å². The maximum atomic E-state index is 12.9. The number of halogens is 1. The Morgan fingerprint density at radius 1 is 0.951 bits per heavy atom. The standard InChI is InChI=1S/C29H23BrN8O3/c1-2-40-25-22(27(39)41-21-11-7-4-8-12-21)14-13-19(24(25)30)17-33-38-29-36-26(23-15-16-31-18-32-23)35-28(37-29)34-20-9-5-3-6-10-20/h3-18H,2H2,1H3,(H2,34,35,36,37,38)/b33-17+. The molecule has 0 fully saturated rings. The Morgan fingerprint density at radius 3 is 2.44 bits per heavy atom. The number of nitrogens with one attached hydrogen (secondary N) is 2. The lowest BCUT2D eigenvalue weighted by atomic mass is 10.1. The van der Waals surface area contributed by atoms with Crippen LogP contribution in [0.25, 0.3) is 11.5 Å². The molecule has 11 nitrogen and oxygen atoms in total. The van der Waals surface area contributed by atoms with Crippen molar-refractivity contribution in [3.63, 3.8) is 0 Å². The Hall–Kier alpha value is -5.23. The van der Waals surface area contributed by atoms with Gasteiger partial charge in [0.25, 0.3) is 0 Å². The Kier molecular flexibility index (Phi) is 8.81. The Balaban J connectivity index is 1.39. The van der Waals surface area contributed by atoms with E-state index in [1.807, 2.05) is 43.3 Å². The van der Waals surface area contributed by atoms with E-state index in [-0.39, 0.29) is 11.5 Å². The number of hydrogen-bond donors (Lipinski definition) is 2. The molecule has 0 aliphatic carbocycles. The van der Waals surface area contributed by atoms with Gasteiger partial charge in [-0.3, -0.25) is 0 Å². The van der Waals surface area contributed by atoms with Gasteiger partial charge in [-0.15, -0.1) is 0 Å². The summed E-state index contributed by atoms with van der Waals surface area (Å²) >= 11 is 3.55. The highest BCUT2D eigenvalue weighted by Gasteiger charge is 2.20. The molecule has 12 heteroatoms. The highest BCUT2D eigenvalue weighted by molar-refractivity contribution is 9.10. The number of benzene rings is 3. The zero-order chi connectivity index (χ0) is 28.4. The average molecular weight is 611 g/mol. The molecule has 0 saturated heterocycles. The predicted octanol–water partition coefficient (Wildman–Crippen LogP) is 5.90. The lowest BCUT2D eigenvalue weighted by Gasteiger charge is -2.13. The van der Waals surface area contributed by atoms with Crippen LogP contribution in [-0.2, 0) is 0 Å². The van der Waals surface area contributed by atoms with Crippen LogP contribution < -0.4 is 20.2 Å². The summed E-state index contributed by atoms with van der Waals surface area (Å²) in [6.45, 7) is 2.18. The molecule has 41 heavy (non-hydrogen) atoms. The number of carbonyl (C=O) groups excluding carboxylic acids is 1. The van der Waals surface area contributed by atoms with Gasteiger partial charge in [-0.1, -0.05) is 42.5 Å². The molecule has 2 heterocycles. The Bertz CT molecular complexity index is 1660. The van der Waals surface area contributed by atoms with Crippen LogP contribution in [0.2, 0.25) is 0 Å². The largest absolute Gasteiger partial charge is 0.492 e. The van der Waals surface area contributed by atoms with Gasteiger partial charge in [-0.05, 0) is 59.3 Å².